The smallest absolute Gasteiger partial charge is 0.281 e. The van der Waals surface area contributed by atoms with Crippen LogP contribution in [-0.4, -0.2) is 55.2 Å². The number of phenolic OH excluding ortho intramolecular Hbond substituents is 1. The Balaban J connectivity index is 2.07. The van der Waals surface area contributed by atoms with Gasteiger partial charge in [0.2, 0.25) is 10.9 Å². The van der Waals surface area contributed by atoms with Gasteiger partial charge in [0.15, 0.2) is 0 Å². The minimum absolute atomic E-state index is 0.322. The summed E-state index contributed by atoms with van der Waals surface area (Å²) in [5, 5.41) is 19.4. The number of ether oxygens (including phenoxy) is 3. The van der Waals surface area contributed by atoms with Crippen LogP contribution in [0, 0.1) is 20.9 Å². The summed E-state index contributed by atoms with van der Waals surface area (Å²) in [7, 11) is 3.17. The average Bonchev–Trinajstić information content (AvgIpc) is 3.24. The Morgan fingerprint density at radius 1 is 0.766 bits per heavy atom. The van der Waals surface area contributed by atoms with E-state index in [4.69, 9.17) is 25.7 Å². The Morgan fingerprint density at radius 3 is 1.74 bits per heavy atom. The number of nitrogens with zero attached hydrogens (tertiary/aromatic N) is 2. The third-order valence-corrected chi connectivity index (χ3v) is 9.16. The largest absolute Gasteiger partial charge is 0.507 e. The normalized spacial score (nSPS) is 13.2. The van der Waals surface area contributed by atoms with Crippen LogP contribution >= 0.6 is 0 Å². The van der Waals surface area contributed by atoms with Gasteiger partial charge in [-0.05, 0) is 42.6 Å². The molecule has 5 N–H and O–H groups in total. The molecule has 1 heterocycles. The summed E-state index contributed by atoms with van der Waals surface area (Å²) in [5.41, 5.74) is 6.28. The number of hydrogen-bond donors (Lipinski definition) is 3. The molecule has 0 amide bonds. The summed E-state index contributed by atoms with van der Waals surface area (Å²) >= 11 is 0. The van der Waals surface area contributed by atoms with Crippen molar-refractivity contribution in [3.8, 4) is 5.75 Å². The Labute approximate surface area is 269 Å². The number of benzene rings is 3. The molecule has 254 valence electrons. The molecule has 0 saturated heterocycles. The highest BCUT2D eigenvalue weighted by atomic mass is 16.6. The van der Waals surface area contributed by atoms with E-state index in [1.54, 1.807) is 14.2 Å². The Kier molecular flexibility index (Phi) is 10.1. The number of aromatic nitrogens is 1. The van der Waals surface area contributed by atoms with E-state index in [1.165, 1.54) is 0 Å². The molecule has 0 aliphatic carbocycles. The zero-order valence-corrected chi connectivity index (χ0v) is 27.6. The molecule has 0 aliphatic rings. The molecule has 0 saturated carbocycles. The number of rotatable bonds is 15. The lowest BCUT2D eigenvalue weighted by Gasteiger charge is -2.45. The summed E-state index contributed by atoms with van der Waals surface area (Å²) in [6.45, 7) is 9.59. The van der Waals surface area contributed by atoms with Crippen LogP contribution in [0.15, 0.2) is 31.3 Å². The fourth-order valence-corrected chi connectivity index (χ4v) is 7.29. The van der Waals surface area contributed by atoms with Gasteiger partial charge in [0.1, 0.15) is 11.1 Å². The highest BCUT2D eigenvalue weighted by molar-refractivity contribution is 6.21. The number of nitro benzene ring substituents is 1. The van der Waals surface area contributed by atoms with Gasteiger partial charge in [-0.3, -0.25) is 33.9 Å². The van der Waals surface area contributed by atoms with E-state index in [1.807, 2.05) is 27.7 Å². The second-order valence-electron chi connectivity index (χ2n) is 13.3. The maximum absolute atomic E-state index is 14.4. The van der Waals surface area contributed by atoms with Crippen LogP contribution in [0.25, 0.3) is 32.3 Å². The predicted molar refractivity (Wildman–Crippen MR) is 181 cm³/mol. The Hall–Kier alpha value is -4.40. The van der Waals surface area contributed by atoms with Crippen LogP contribution < -0.4 is 33.4 Å². The first-order valence-electron chi connectivity index (χ1n) is 15.3. The zero-order chi connectivity index (χ0) is 35.0. The monoisotopic (exact) mass is 654 g/mol. The first-order valence-corrected chi connectivity index (χ1v) is 15.3. The van der Waals surface area contributed by atoms with E-state index >= 15 is 0 Å². The lowest BCUT2D eigenvalue weighted by atomic mass is 9.66. The second kappa shape index (κ2) is 13.4. The predicted octanol–water partition coefficient (Wildman–Crippen LogP) is 3.51. The van der Waals surface area contributed by atoms with Crippen molar-refractivity contribution in [2.45, 2.75) is 59.4 Å². The quantitative estimate of drug-likeness (QED) is 0.0419. The molecule has 3 aromatic carbocycles. The summed E-state index contributed by atoms with van der Waals surface area (Å²) < 4.78 is 17.1. The van der Waals surface area contributed by atoms with E-state index in [0.29, 0.717) is 52.1 Å². The van der Waals surface area contributed by atoms with Gasteiger partial charge in [-0.25, -0.2) is 0 Å². The van der Waals surface area contributed by atoms with Gasteiger partial charge in [-0.2, -0.15) is 0 Å². The van der Waals surface area contributed by atoms with E-state index < -0.39 is 88.1 Å². The van der Waals surface area contributed by atoms with Crippen LogP contribution in [0.1, 0.15) is 59.4 Å². The maximum Gasteiger partial charge on any atom is 0.281 e. The maximum atomic E-state index is 14.4. The first-order chi connectivity index (χ1) is 22.0. The number of nitro groups is 1. The number of nitrogen functional groups attached to an aromatic ring is 2. The van der Waals surface area contributed by atoms with E-state index in [0.717, 1.165) is 16.7 Å². The number of fused-ring (bicyclic) bond motifs is 3. The Morgan fingerprint density at radius 2 is 1.26 bits per heavy atom. The van der Waals surface area contributed by atoms with Crippen molar-refractivity contribution in [3.05, 3.63) is 63.4 Å². The molecular weight excluding hydrogens is 612 g/mol. The Bertz CT molecular complexity index is 2060. The van der Waals surface area contributed by atoms with E-state index in [-0.39, 0.29) is 10.8 Å². The fraction of sp³-hybridized carbons (Fsp3) is 0.515. The van der Waals surface area contributed by atoms with Gasteiger partial charge in [-0.1, -0.05) is 27.7 Å². The minimum atomic E-state index is -1.06. The number of hydrogen-bond acceptors (Lipinski definition) is 12. The van der Waals surface area contributed by atoms with Crippen LogP contribution in [0.4, 0.5) is 17.1 Å². The number of nitrogens with two attached hydrogens (primary N) is 2. The number of non-ortho nitro benzene ring substituents is 1. The second-order valence-corrected chi connectivity index (χ2v) is 13.3. The molecule has 14 nitrogen and oxygen atoms in total. The first kappa shape index (κ1) is 35.5. The number of aromatic hydroxyl groups is 1. The third kappa shape index (κ3) is 6.08. The molecule has 4 rings (SSSR count). The lowest BCUT2D eigenvalue weighted by molar-refractivity contribution is -0.383. The van der Waals surface area contributed by atoms with Crippen molar-refractivity contribution in [1.29, 1.82) is 0 Å². The van der Waals surface area contributed by atoms with Crippen molar-refractivity contribution < 1.29 is 24.2 Å². The molecular formula is C33H42N4O10. The molecule has 1 unspecified atom stereocenters. The lowest BCUT2D eigenvalue weighted by Crippen LogP contribution is -2.46. The molecule has 0 fully saturated rings. The van der Waals surface area contributed by atoms with Crippen molar-refractivity contribution in [2.24, 2.45) is 10.8 Å². The van der Waals surface area contributed by atoms with Crippen molar-refractivity contribution >= 4 is 49.4 Å². The van der Waals surface area contributed by atoms with Gasteiger partial charge in [0.25, 0.3) is 16.8 Å². The number of phenols is 1. The molecule has 0 aliphatic heterocycles. The average molecular weight is 655 g/mol. The number of methoxy groups -OCH3 is 2. The highest BCUT2D eigenvalue weighted by Crippen LogP contribution is 2.49. The molecule has 14 heteroatoms. The van der Waals surface area contributed by atoms with Gasteiger partial charge < -0.3 is 30.8 Å². The molecule has 47 heavy (non-hydrogen) atoms. The topological polar surface area (TPSA) is 216 Å². The summed E-state index contributed by atoms with van der Waals surface area (Å²) in [6, 6.07) is 1.11. The van der Waals surface area contributed by atoms with Crippen molar-refractivity contribution in [1.82, 2.24) is 4.57 Å². The summed E-state index contributed by atoms with van der Waals surface area (Å²) in [5.74, 6) is -0.678. The summed E-state index contributed by atoms with van der Waals surface area (Å²) in [6.07, 6.45) is 2.39. The molecule has 0 bridgehead atoms. The van der Waals surface area contributed by atoms with Gasteiger partial charge in [-0.15, -0.1) is 0 Å². The van der Waals surface area contributed by atoms with Crippen LogP contribution in [0.5, 0.6) is 5.75 Å². The molecule has 1 atom stereocenters. The van der Waals surface area contributed by atoms with Crippen LogP contribution in [0.3, 0.4) is 0 Å². The minimum Gasteiger partial charge on any atom is -0.507 e. The zero-order valence-electron chi connectivity index (χ0n) is 27.6. The number of anilines is 2. The van der Waals surface area contributed by atoms with Crippen LogP contribution in [-0.2, 0) is 14.2 Å². The van der Waals surface area contributed by atoms with E-state index in [2.05, 4.69) is 0 Å². The van der Waals surface area contributed by atoms with Crippen LogP contribution in [0.2, 0.25) is 0 Å². The molecule has 4 aromatic rings. The van der Waals surface area contributed by atoms with Gasteiger partial charge >= 0.3 is 0 Å². The highest BCUT2D eigenvalue weighted by Gasteiger charge is 2.44. The summed E-state index contributed by atoms with van der Waals surface area (Å²) in [4.78, 5) is 67.4. The standard InChI is InChI=1S/C33H42N4O10/c1-32(2,11-7-13-45-5)31(33(3,4)12-8-14-47-16-15-46-6)36-29(41)23-24(30(36)42)26(35)22-21(25(23)34)27(39)19-17(37(43)44)9-10-18(38)20(19)28(22)40/h9-10,31,38H,7-8,11-16,34-35H2,1-6H3. The molecule has 0 radical (unpaired) electrons. The third-order valence-electron chi connectivity index (χ3n) is 9.16. The SMILES string of the molecule is COCCCC(C)(C)C(n1c(=O)c2c(N)c3c(=O)c4c(O)ccc([N+](=O)[O-])c4c(=O)c3c(N)c2c1=O)C(C)(C)CCCOCCOC. The van der Waals surface area contributed by atoms with Gasteiger partial charge in [0, 0.05) is 33.5 Å². The van der Waals surface area contributed by atoms with Crippen molar-refractivity contribution in [2.75, 3.05) is 52.1 Å². The van der Waals surface area contributed by atoms with Crippen molar-refractivity contribution in [3.63, 3.8) is 0 Å². The van der Waals surface area contributed by atoms with E-state index in [9.17, 15) is 34.4 Å². The fourth-order valence-electron chi connectivity index (χ4n) is 7.29. The van der Waals surface area contributed by atoms with Gasteiger partial charge in [0.05, 0.1) is 62.5 Å². The molecule has 1 aromatic heterocycles. The molecule has 0 spiro atoms.